The minimum absolute atomic E-state index is 0.0120. The lowest BCUT2D eigenvalue weighted by atomic mass is 10.1. The van der Waals surface area contributed by atoms with Crippen LogP contribution in [-0.4, -0.2) is 37.5 Å². The second-order valence-corrected chi connectivity index (χ2v) is 5.48. The van der Waals surface area contributed by atoms with Gasteiger partial charge in [-0.05, 0) is 12.8 Å². The minimum Gasteiger partial charge on any atom is -0.396 e. The summed E-state index contributed by atoms with van der Waals surface area (Å²) < 4.78 is 23.6. The van der Waals surface area contributed by atoms with E-state index in [-0.39, 0.29) is 6.61 Å². The van der Waals surface area contributed by atoms with Gasteiger partial charge in [0.2, 0.25) is 0 Å². The van der Waals surface area contributed by atoms with Crippen molar-refractivity contribution in [2.24, 2.45) is 5.14 Å². The van der Waals surface area contributed by atoms with Gasteiger partial charge in [0.1, 0.15) is 0 Å². The molecule has 0 amide bonds. The third kappa shape index (κ3) is 8.04. The van der Waals surface area contributed by atoms with Gasteiger partial charge in [-0.15, -0.1) is 0 Å². The largest absolute Gasteiger partial charge is 0.396 e. The molecule has 0 spiro atoms. The van der Waals surface area contributed by atoms with E-state index in [9.17, 15) is 8.42 Å². The van der Waals surface area contributed by atoms with E-state index in [2.05, 4.69) is 6.92 Å². The molecule has 16 heavy (non-hydrogen) atoms. The van der Waals surface area contributed by atoms with Crippen LogP contribution in [0.3, 0.4) is 0 Å². The van der Waals surface area contributed by atoms with Crippen LogP contribution in [0.25, 0.3) is 0 Å². The Morgan fingerprint density at radius 2 is 1.62 bits per heavy atom. The standard InChI is InChI=1S/C10H24N2O3S/c1-2-3-4-5-6-8-12(9-7-10-13)16(11,14)15/h13H,2-10H2,1H3,(H2,11,14,15). The minimum atomic E-state index is -3.61. The van der Waals surface area contributed by atoms with E-state index < -0.39 is 10.2 Å². The van der Waals surface area contributed by atoms with Crippen LogP contribution in [0.2, 0.25) is 0 Å². The smallest absolute Gasteiger partial charge is 0.276 e. The first-order chi connectivity index (χ1) is 7.52. The molecule has 0 rings (SSSR count). The zero-order chi connectivity index (χ0) is 12.4. The Morgan fingerprint density at radius 3 is 2.12 bits per heavy atom. The molecule has 6 heteroatoms. The van der Waals surface area contributed by atoms with Crippen LogP contribution >= 0.6 is 0 Å². The van der Waals surface area contributed by atoms with Crippen LogP contribution in [0, 0.1) is 0 Å². The number of nitrogens with two attached hydrogens (primary N) is 1. The molecule has 0 fully saturated rings. The molecule has 98 valence electrons. The Hall–Kier alpha value is -0.170. The van der Waals surface area contributed by atoms with Crippen LogP contribution < -0.4 is 5.14 Å². The SMILES string of the molecule is CCCCCCCN(CCCO)S(N)(=O)=O. The quantitative estimate of drug-likeness (QED) is 0.565. The lowest BCUT2D eigenvalue weighted by molar-refractivity contribution is 0.268. The monoisotopic (exact) mass is 252 g/mol. The predicted molar refractivity (Wildman–Crippen MR) is 65.1 cm³/mol. The molecule has 3 N–H and O–H groups in total. The maximum absolute atomic E-state index is 11.2. The summed E-state index contributed by atoms with van der Waals surface area (Å²) in [6, 6.07) is 0. The highest BCUT2D eigenvalue weighted by Crippen LogP contribution is 2.05. The number of hydrogen-bond acceptors (Lipinski definition) is 3. The van der Waals surface area contributed by atoms with Crippen LogP contribution in [0.1, 0.15) is 45.4 Å². The fourth-order valence-electron chi connectivity index (χ4n) is 1.51. The summed E-state index contributed by atoms with van der Waals surface area (Å²) in [5, 5.41) is 13.7. The second kappa shape index (κ2) is 8.92. The molecule has 0 heterocycles. The van der Waals surface area contributed by atoms with Crippen molar-refractivity contribution < 1.29 is 13.5 Å². The second-order valence-electron chi connectivity index (χ2n) is 3.94. The molecule has 0 radical (unpaired) electrons. The van der Waals surface area contributed by atoms with Crippen molar-refractivity contribution in [1.29, 1.82) is 0 Å². The number of hydrogen-bond donors (Lipinski definition) is 2. The van der Waals surface area contributed by atoms with Crippen LogP contribution in [-0.2, 0) is 10.2 Å². The first-order valence-corrected chi connectivity index (χ1v) is 7.41. The predicted octanol–water partition coefficient (Wildman–Crippen LogP) is 0.845. The van der Waals surface area contributed by atoms with Crippen molar-refractivity contribution in [2.45, 2.75) is 45.4 Å². The fraction of sp³-hybridized carbons (Fsp3) is 1.00. The summed E-state index contributed by atoms with van der Waals surface area (Å²) in [4.78, 5) is 0. The van der Waals surface area contributed by atoms with E-state index in [0.29, 0.717) is 19.5 Å². The van der Waals surface area contributed by atoms with Crippen LogP contribution in [0.4, 0.5) is 0 Å². The Labute approximate surface area is 98.8 Å². The molecule has 0 aromatic rings. The number of aliphatic hydroxyl groups is 1. The zero-order valence-electron chi connectivity index (χ0n) is 10.1. The number of unbranched alkanes of at least 4 members (excludes halogenated alkanes) is 4. The lowest BCUT2D eigenvalue weighted by Gasteiger charge is -2.18. The fourth-order valence-corrected chi connectivity index (χ4v) is 2.27. The van der Waals surface area contributed by atoms with Crippen molar-refractivity contribution in [3.8, 4) is 0 Å². The van der Waals surface area contributed by atoms with Gasteiger partial charge in [0.15, 0.2) is 0 Å². The van der Waals surface area contributed by atoms with E-state index in [4.69, 9.17) is 10.2 Å². The summed E-state index contributed by atoms with van der Waals surface area (Å²) in [6.45, 7) is 2.89. The molecule has 0 bridgehead atoms. The first kappa shape index (κ1) is 15.8. The van der Waals surface area contributed by atoms with Crippen molar-refractivity contribution in [1.82, 2.24) is 4.31 Å². The van der Waals surface area contributed by atoms with E-state index in [1.54, 1.807) is 0 Å². The number of rotatable bonds is 10. The van der Waals surface area contributed by atoms with Gasteiger partial charge in [-0.3, -0.25) is 0 Å². The molecule has 0 saturated heterocycles. The maximum atomic E-state index is 11.2. The highest BCUT2D eigenvalue weighted by molar-refractivity contribution is 7.86. The lowest BCUT2D eigenvalue weighted by Crippen LogP contribution is -2.38. The van der Waals surface area contributed by atoms with Gasteiger partial charge in [0.05, 0.1) is 0 Å². The molecular weight excluding hydrogens is 228 g/mol. The molecule has 0 aromatic heterocycles. The summed E-state index contributed by atoms with van der Waals surface area (Å²) in [6.07, 6.45) is 5.79. The molecule has 0 atom stereocenters. The van der Waals surface area contributed by atoms with Gasteiger partial charge >= 0.3 is 0 Å². The number of aliphatic hydroxyl groups excluding tert-OH is 1. The molecule has 0 saturated carbocycles. The Bertz CT molecular complexity index is 255. The van der Waals surface area contributed by atoms with E-state index in [1.165, 1.54) is 17.1 Å². The van der Waals surface area contributed by atoms with Gasteiger partial charge in [0, 0.05) is 19.7 Å². The summed E-state index contributed by atoms with van der Waals surface area (Å²) in [7, 11) is -3.61. The molecule has 0 aliphatic carbocycles. The summed E-state index contributed by atoms with van der Waals surface area (Å²) in [5.74, 6) is 0. The van der Waals surface area contributed by atoms with E-state index in [0.717, 1.165) is 19.3 Å². The topological polar surface area (TPSA) is 83.6 Å². The van der Waals surface area contributed by atoms with Crippen molar-refractivity contribution in [2.75, 3.05) is 19.7 Å². The van der Waals surface area contributed by atoms with Gasteiger partial charge in [-0.1, -0.05) is 32.6 Å². The summed E-state index contributed by atoms with van der Waals surface area (Å²) in [5.41, 5.74) is 0. The van der Waals surface area contributed by atoms with Crippen molar-refractivity contribution in [3.05, 3.63) is 0 Å². The number of nitrogens with zero attached hydrogens (tertiary/aromatic N) is 1. The zero-order valence-corrected chi connectivity index (χ0v) is 10.9. The molecular formula is C10H24N2O3S. The molecule has 5 nitrogen and oxygen atoms in total. The molecule has 0 unspecified atom stereocenters. The Balaban J connectivity index is 3.84. The van der Waals surface area contributed by atoms with Gasteiger partial charge in [-0.25, -0.2) is 5.14 Å². The first-order valence-electron chi connectivity index (χ1n) is 5.91. The molecule has 0 aromatic carbocycles. The maximum Gasteiger partial charge on any atom is 0.276 e. The van der Waals surface area contributed by atoms with E-state index >= 15 is 0 Å². The van der Waals surface area contributed by atoms with Gasteiger partial charge in [-0.2, -0.15) is 12.7 Å². The molecule has 0 aliphatic rings. The highest BCUT2D eigenvalue weighted by atomic mass is 32.2. The average Bonchev–Trinajstić information content (AvgIpc) is 2.20. The average molecular weight is 252 g/mol. The van der Waals surface area contributed by atoms with E-state index in [1.807, 2.05) is 0 Å². The Morgan fingerprint density at radius 1 is 1.06 bits per heavy atom. The highest BCUT2D eigenvalue weighted by Gasteiger charge is 2.15. The normalized spacial score (nSPS) is 12.2. The van der Waals surface area contributed by atoms with Crippen molar-refractivity contribution >= 4 is 10.2 Å². The van der Waals surface area contributed by atoms with Crippen molar-refractivity contribution in [3.63, 3.8) is 0 Å². The van der Waals surface area contributed by atoms with Gasteiger partial charge < -0.3 is 5.11 Å². The summed E-state index contributed by atoms with van der Waals surface area (Å²) >= 11 is 0. The third-order valence-corrected chi connectivity index (χ3v) is 3.52. The molecule has 0 aliphatic heterocycles. The van der Waals surface area contributed by atoms with Crippen LogP contribution in [0.5, 0.6) is 0 Å². The van der Waals surface area contributed by atoms with Gasteiger partial charge in [0.25, 0.3) is 10.2 Å². The van der Waals surface area contributed by atoms with Crippen LogP contribution in [0.15, 0.2) is 0 Å². The third-order valence-electron chi connectivity index (χ3n) is 2.44. The Kier molecular flexibility index (Phi) is 8.83.